The van der Waals surface area contributed by atoms with Gasteiger partial charge in [0.05, 0.1) is 4.99 Å². The largest absolute Gasteiger partial charge is 0.393 e. The maximum Gasteiger partial charge on any atom is 0.0758 e. The summed E-state index contributed by atoms with van der Waals surface area (Å²) in [5.74, 6) is 0.463. The molecule has 0 aliphatic heterocycles. The number of hydrogen-bond acceptors (Lipinski definition) is 1. The fraction of sp³-hybridized carbons (Fsp3) is 0.833. The zero-order chi connectivity index (χ0) is 6.57. The highest BCUT2D eigenvalue weighted by Crippen LogP contribution is 2.06. The second kappa shape index (κ2) is 3.84. The molecule has 0 aliphatic carbocycles. The Bertz CT molecular complexity index is 76.6. The van der Waals surface area contributed by atoms with E-state index in [-0.39, 0.29) is 0 Å². The molecule has 0 saturated carbocycles. The van der Waals surface area contributed by atoms with E-state index < -0.39 is 0 Å². The van der Waals surface area contributed by atoms with Crippen LogP contribution in [0.4, 0.5) is 0 Å². The highest BCUT2D eigenvalue weighted by molar-refractivity contribution is 7.80. The third-order valence-corrected chi connectivity index (χ3v) is 1.72. The van der Waals surface area contributed by atoms with E-state index in [1.165, 1.54) is 0 Å². The second-order valence-electron chi connectivity index (χ2n) is 1.92. The minimum absolute atomic E-state index is 0.463. The molecule has 0 saturated heterocycles. The van der Waals surface area contributed by atoms with Crippen molar-refractivity contribution in [2.45, 2.75) is 26.7 Å². The van der Waals surface area contributed by atoms with E-state index in [0.717, 1.165) is 12.8 Å². The smallest absolute Gasteiger partial charge is 0.0758 e. The highest BCUT2D eigenvalue weighted by atomic mass is 32.1. The van der Waals surface area contributed by atoms with Gasteiger partial charge >= 0.3 is 0 Å². The van der Waals surface area contributed by atoms with Crippen LogP contribution in [0.15, 0.2) is 0 Å². The Labute approximate surface area is 56.3 Å². The molecular weight excluding hydrogens is 118 g/mol. The SMILES string of the molecule is CCC(CC)C(N)=S. The van der Waals surface area contributed by atoms with Crippen LogP contribution < -0.4 is 5.73 Å². The van der Waals surface area contributed by atoms with Gasteiger partial charge in [0, 0.05) is 5.92 Å². The minimum Gasteiger partial charge on any atom is -0.393 e. The van der Waals surface area contributed by atoms with Crippen LogP contribution in [0.2, 0.25) is 0 Å². The first-order valence-corrected chi connectivity index (χ1v) is 3.42. The first-order valence-electron chi connectivity index (χ1n) is 3.01. The van der Waals surface area contributed by atoms with Crippen LogP contribution in [0.1, 0.15) is 26.7 Å². The van der Waals surface area contributed by atoms with Gasteiger partial charge in [0.15, 0.2) is 0 Å². The maximum atomic E-state index is 5.39. The molecule has 0 atom stereocenters. The minimum atomic E-state index is 0.463. The van der Waals surface area contributed by atoms with Crippen molar-refractivity contribution in [3.05, 3.63) is 0 Å². The van der Waals surface area contributed by atoms with Gasteiger partial charge in [-0.2, -0.15) is 0 Å². The average molecular weight is 131 g/mol. The third kappa shape index (κ3) is 2.26. The molecule has 8 heavy (non-hydrogen) atoms. The van der Waals surface area contributed by atoms with Gasteiger partial charge in [-0.05, 0) is 12.8 Å². The van der Waals surface area contributed by atoms with E-state index in [4.69, 9.17) is 18.0 Å². The number of rotatable bonds is 3. The van der Waals surface area contributed by atoms with Crippen LogP contribution in [0.5, 0.6) is 0 Å². The lowest BCUT2D eigenvalue weighted by Crippen LogP contribution is -2.19. The van der Waals surface area contributed by atoms with Crippen molar-refractivity contribution >= 4 is 17.2 Å². The number of thiocarbonyl (C=S) groups is 1. The molecule has 0 aliphatic rings. The molecule has 1 nitrogen and oxygen atoms in total. The average Bonchev–Trinajstić information content (AvgIpc) is 1.69. The molecule has 0 aromatic rings. The summed E-state index contributed by atoms with van der Waals surface area (Å²) >= 11 is 4.79. The van der Waals surface area contributed by atoms with E-state index in [1.807, 2.05) is 0 Å². The molecule has 0 amide bonds. The molecule has 0 heterocycles. The Hall–Kier alpha value is -0.110. The van der Waals surface area contributed by atoms with Crippen LogP contribution in [-0.2, 0) is 0 Å². The molecule has 0 radical (unpaired) electrons. The molecular formula is C6H13NS. The van der Waals surface area contributed by atoms with Crippen molar-refractivity contribution in [3.8, 4) is 0 Å². The van der Waals surface area contributed by atoms with Gasteiger partial charge in [-0.1, -0.05) is 26.1 Å². The molecule has 48 valence electrons. The first kappa shape index (κ1) is 7.89. The summed E-state index contributed by atoms with van der Waals surface area (Å²) in [6.07, 6.45) is 2.15. The van der Waals surface area contributed by atoms with Gasteiger partial charge in [0.2, 0.25) is 0 Å². The summed E-state index contributed by atoms with van der Waals surface area (Å²) in [6, 6.07) is 0. The van der Waals surface area contributed by atoms with E-state index in [0.29, 0.717) is 10.9 Å². The molecule has 0 rings (SSSR count). The molecule has 0 bridgehead atoms. The van der Waals surface area contributed by atoms with Gasteiger partial charge in [-0.25, -0.2) is 0 Å². The Morgan fingerprint density at radius 3 is 1.88 bits per heavy atom. The zero-order valence-corrected chi connectivity index (χ0v) is 6.29. The van der Waals surface area contributed by atoms with Crippen molar-refractivity contribution in [3.63, 3.8) is 0 Å². The van der Waals surface area contributed by atoms with Crippen LogP contribution in [0.25, 0.3) is 0 Å². The Kier molecular flexibility index (Phi) is 3.79. The zero-order valence-electron chi connectivity index (χ0n) is 5.48. The summed E-state index contributed by atoms with van der Waals surface area (Å²) in [5, 5.41) is 0. The monoisotopic (exact) mass is 131 g/mol. The summed E-state index contributed by atoms with van der Waals surface area (Å²) in [6.45, 7) is 4.21. The van der Waals surface area contributed by atoms with Gasteiger partial charge in [-0.15, -0.1) is 0 Å². The van der Waals surface area contributed by atoms with Crippen molar-refractivity contribution in [2.24, 2.45) is 11.7 Å². The highest BCUT2D eigenvalue weighted by Gasteiger charge is 2.03. The Balaban J connectivity index is 3.52. The van der Waals surface area contributed by atoms with E-state index in [1.54, 1.807) is 0 Å². The van der Waals surface area contributed by atoms with Crippen LogP contribution in [0.3, 0.4) is 0 Å². The molecule has 2 N–H and O–H groups in total. The van der Waals surface area contributed by atoms with Crippen molar-refractivity contribution in [1.29, 1.82) is 0 Å². The number of nitrogens with two attached hydrogens (primary N) is 1. The molecule has 0 spiro atoms. The molecule has 0 aromatic carbocycles. The van der Waals surface area contributed by atoms with Gasteiger partial charge in [-0.3, -0.25) is 0 Å². The lowest BCUT2D eigenvalue weighted by Gasteiger charge is -2.07. The third-order valence-electron chi connectivity index (χ3n) is 1.39. The van der Waals surface area contributed by atoms with Gasteiger partial charge in [0.1, 0.15) is 0 Å². The maximum absolute atomic E-state index is 5.39. The molecule has 0 unspecified atom stereocenters. The number of hydrogen-bond donors (Lipinski definition) is 1. The fourth-order valence-corrected chi connectivity index (χ4v) is 1.02. The molecule has 0 aromatic heterocycles. The summed E-state index contributed by atoms with van der Waals surface area (Å²) in [5.41, 5.74) is 5.39. The molecule has 0 fully saturated rings. The van der Waals surface area contributed by atoms with Crippen molar-refractivity contribution < 1.29 is 0 Å². The lowest BCUT2D eigenvalue weighted by molar-refractivity contribution is 0.646. The van der Waals surface area contributed by atoms with E-state index >= 15 is 0 Å². The summed E-state index contributed by atoms with van der Waals surface area (Å²) in [4.78, 5) is 0.662. The standard InChI is InChI=1S/C6H13NS/c1-3-5(4-2)6(7)8/h5H,3-4H2,1-2H3,(H2,7,8). The van der Waals surface area contributed by atoms with Gasteiger partial charge in [0.25, 0.3) is 0 Å². The summed E-state index contributed by atoms with van der Waals surface area (Å²) < 4.78 is 0. The normalized spacial score (nSPS) is 9.88. The Morgan fingerprint density at radius 2 is 1.88 bits per heavy atom. The second-order valence-corrected chi connectivity index (χ2v) is 2.39. The fourth-order valence-electron chi connectivity index (χ4n) is 0.691. The topological polar surface area (TPSA) is 26.0 Å². The van der Waals surface area contributed by atoms with Crippen LogP contribution in [0, 0.1) is 5.92 Å². The quantitative estimate of drug-likeness (QED) is 0.590. The molecule has 2 heteroatoms. The predicted molar refractivity (Wildman–Crippen MR) is 40.9 cm³/mol. The van der Waals surface area contributed by atoms with E-state index in [9.17, 15) is 0 Å². The van der Waals surface area contributed by atoms with Gasteiger partial charge < -0.3 is 5.73 Å². The van der Waals surface area contributed by atoms with Crippen LogP contribution >= 0.6 is 12.2 Å². The van der Waals surface area contributed by atoms with Crippen LogP contribution in [-0.4, -0.2) is 4.99 Å². The first-order chi connectivity index (χ1) is 3.72. The van der Waals surface area contributed by atoms with E-state index in [2.05, 4.69) is 13.8 Å². The lowest BCUT2D eigenvalue weighted by atomic mass is 10.0. The van der Waals surface area contributed by atoms with Crippen molar-refractivity contribution in [2.75, 3.05) is 0 Å². The predicted octanol–water partition coefficient (Wildman–Crippen LogP) is 1.71. The summed E-state index contributed by atoms with van der Waals surface area (Å²) in [7, 11) is 0. The Morgan fingerprint density at radius 1 is 1.50 bits per heavy atom. The van der Waals surface area contributed by atoms with Crippen molar-refractivity contribution in [1.82, 2.24) is 0 Å².